The molecular weight excluding hydrogens is 283 g/mol. The van der Waals surface area contributed by atoms with Gasteiger partial charge in [0.2, 0.25) is 0 Å². The van der Waals surface area contributed by atoms with E-state index in [-0.39, 0.29) is 23.5 Å². The first-order valence-electron chi connectivity index (χ1n) is 7.78. The number of halogens is 1. The van der Waals surface area contributed by atoms with E-state index in [2.05, 4.69) is 27.5 Å². The van der Waals surface area contributed by atoms with Crippen LogP contribution in [0.4, 0.5) is 4.39 Å². The van der Waals surface area contributed by atoms with Gasteiger partial charge in [-0.2, -0.15) is 5.10 Å². The highest BCUT2D eigenvalue weighted by atomic mass is 19.1. The SMILES string of the molecule is CN1C2CCC1CC(NC(=O)c1n[nH]c3ccc(F)cc13)C2. The predicted molar refractivity (Wildman–Crippen MR) is 81.1 cm³/mol. The fraction of sp³-hybridized carbons (Fsp3) is 0.500. The molecule has 2 aromatic rings. The third kappa shape index (κ3) is 2.18. The van der Waals surface area contributed by atoms with Gasteiger partial charge >= 0.3 is 0 Å². The normalized spacial score (nSPS) is 28.2. The van der Waals surface area contributed by atoms with E-state index < -0.39 is 0 Å². The van der Waals surface area contributed by atoms with E-state index >= 15 is 0 Å². The van der Waals surface area contributed by atoms with Gasteiger partial charge in [0.25, 0.3) is 5.91 Å². The van der Waals surface area contributed by atoms with Gasteiger partial charge in [-0.05, 0) is 50.9 Å². The highest BCUT2D eigenvalue weighted by Gasteiger charge is 2.39. The minimum atomic E-state index is -0.361. The molecule has 2 fully saturated rings. The molecule has 5 nitrogen and oxygen atoms in total. The number of carbonyl (C=O) groups excluding carboxylic acids is 1. The Bertz CT molecular complexity index is 714. The van der Waals surface area contributed by atoms with Crippen molar-refractivity contribution in [1.82, 2.24) is 20.4 Å². The number of H-pyrrole nitrogens is 1. The van der Waals surface area contributed by atoms with Gasteiger partial charge < -0.3 is 10.2 Å². The summed E-state index contributed by atoms with van der Waals surface area (Å²) in [4.78, 5) is 14.9. The van der Waals surface area contributed by atoms with Crippen LogP contribution in [-0.2, 0) is 0 Å². The van der Waals surface area contributed by atoms with Crippen molar-refractivity contribution in [2.75, 3.05) is 7.05 Å². The summed E-state index contributed by atoms with van der Waals surface area (Å²) in [6.45, 7) is 0. The van der Waals surface area contributed by atoms with Crippen molar-refractivity contribution in [1.29, 1.82) is 0 Å². The molecule has 22 heavy (non-hydrogen) atoms. The van der Waals surface area contributed by atoms with Gasteiger partial charge in [0.05, 0.1) is 5.52 Å². The number of fused-ring (bicyclic) bond motifs is 3. The Kier molecular flexibility index (Phi) is 3.14. The van der Waals surface area contributed by atoms with E-state index in [4.69, 9.17) is 0 Å². The number of nitrogens with zero attached hydrogens (tertiary/aromatic N) is 2. The lowest BCUT2D eigenvalue weighted by Gasteiger charge is -2.36. The Morgan fingerprint density at radius 3 is 2.82 bits per heavy atom. The predicted octanol–water partition coefficient (Wildman–Crippen LogP) is 2.06. The van der Waals surface area contributed by atoms with Crippen molar-refractivity contribution in [3.63, 3.8) is 0 Å². The molecule has 1 aromatic heterocycles. The molecule has 0 aliphatic carbocycles. The molecular formula is C16H19FN4O. The molecule has 116 valence electrons. The Balaban J connectivity index is 1.53. The minimum absolute atomic E-state index is 0.182. The summed E-state index contributed by atoms with van der Waals surface area (Å²) in [7, 11) is 2.17. The zero-order chi connectivity index (χ0) is 15.3. The van der Waals surface area contributed by atoms with Crippen molar-refractivity contribution in [2.24, 2.45) is 0 Å². The standard InChI is InChI=1S/C16H19FN4O/c1-21-11-3-4-12(21)8-10(7-11)18-16(22)15-13-6-9(17)2-5-14(13)19-20-15/h2,5-6,10-12H,3-4,7-8H2,1H3,(H,18,22)(H,19,20). The van der Waals surface area contributed by atoms with Crippen molar-refractivity contribution < 1.29 is 9.18 Å². The summed E-state index contributed by atoms with van der Waals surface area (Å²) in [5.41, 5.74) is 0.954. The molecule has 0 radical (unpaired) electrons. The molecule has 4 rings (SSSR count). The first kappa shape index (κ1) is 13.7. The number of aromatic nitrogens is 2. The number of benzene rings is 1. The van der Waals surface area contributed by atoms with Gasteiger partial charge in [-0.3, -0.25) is 9.89 Å². The molecule has 2 atom stereocenters. The number of nitrogens with one attached hydrogen (secondary N) is 2. The smallest absolute Gasteiger partial charge is 0.272 e. The average molecular weight is 302 g/mol. The molecule has 2 aliphatic heterocycles. The second-order valence-corrected chi connectivity index (χ2v) is 6.45. The number of carbonyl (C=O) groups is 1. The molecule has 3 heterocycles. The Morgan fingerprint density at radius 2 is 2.09 bits per heavy atom. The van der Waals surface area contributed by atoms with Gasteiger partial charge in [-0.25, -0.2) is 4.39 Å². The zero-order valence-electron chi connectivity index (χ0n) is 12.5. The van der Waals surface area contributed by atoms with E-state index in [1.165, 1.54) is 25.0 Å². The minimum Gasteiger partial charge on any atom is -0.348 e. The maximum atomic E-state index is 13.4. The largest absolute Gasteiger partial charge is 0.348 e. The summed E-state index contributed by atoms with van der Waals surface area (Å²) in [6, 6.07) is 5.63. The highest BCUT2D eigenvalue weighted by Crippen LogP contribution is 2.34. The summed E-state index contributed by atoms with van der Waals surface area (Å²) >= 11 is 0. The molecule has 1 aromatic carbocycles. The van der Waals surface area contributed by atoms with Crippen LogP contribution in [0.15, 0.2) is 18.2 Å². The first-order valence-corrected chi connectivity index (χ1v) is 7.78. The highest BCUT2D eigenvalue weighted by molar-refractivity contribution is 6.04. The van der Waals surface area contributed by atoms with E-state index in [1.807, 2.05) is 0 Å². The topological polar surface area (TPSA) is 61.0 Å². The fourth-order valence-corrected chi connectivity index (χ4v) is 3.94. The number of piperidine rings is 1. The van der Waals surface area contributed by atoms with E-state index in [9.17, 15) is 9.18 Å². The van der Waals surface area contributed by atoms with Gasteiger partial charge in [-0.15, -0.1) is 0 Å². The second kappa shape index (κ2) is 5.05. The Labute approximate surface area is 127 Å². The first-order chi connectivity index (χ1) is 10.6. The summed E-state index contributed by atoms with van der Waals surface area (Å²) in [6.07, 6.45) is 4.39. The molecule has 0 spiro atoms. The lowest BCUT2D eigenvalue weighted by Crippen LogP contribution is -2.48. The average Bonchev–Trinajstić information content (AvgIpc) is 2.97. The van der Waals surface area contributed by atoms with Crippen LogP contribution in [0.25, 0.3) is 10.9 Å². The van der Waals surface area contributed by atoms with Crippen LogP contribution >= 0.6 is 0 Å². The van der Waals surface area contributed by atoms with Crippen LogP contribution in [0.1, 0.15) is 36.2 Å². The number of hydrogen-bond donors (Lipinski definition) is 2. The van der Waals surface area contributed by atoms with Gasteiger partial charge in [-0.1, -0.05) is 0 Å². The van der Waals surface area contributed by atoms with E-state index in [1.54, 1.807) is 6.07 Å². The number of amides is 1. The van der Waals surface area contributed by atoms with Gasteiger partial charge in [0, 0.05) is 23.5 Å². The second-order valence-electron chi connectivity index (χ2n) is 6.45. The number of hydrogen-bond acceptors (Lipinski definition) is 3. The Hall–Kier alpha value is -1.95. The number of rotatable bonds is 2. The van der Waals surface area contributed by atoms with Crippen LogP contribution < -0.4 is 5.32 Å². The summed E-state index contributed by atoms with van der Waals surface area (Å²) in [5.74, 6) is -0.578. The molecule has 2 aliphatic rings. The maximum Gasteiger partial charge on any atom is 0.272 e. The van der Waals surface area contributed by atoms with Crippen LogP contribution in [0.3, 0.4) is 0 Å². The van der Waals surface area contributed by atoms with Crippen LogP contribution in [0, 0.1) is 5.82 Å². The van der Waals surface area contributed by atoms with Crippen molar-refractivity contribution >= 4 is 16.8 Å². The van der Waals surface area contributed by atoms with Crippen molar-refractivity contribution in [2.45, 2.75) is 43.8 Å². The van der Waals surface area contributed by atoms with Gasteiger partial charge in [0.1, 0.15) is 5.82 Å². The van der Waals surface area contributed by atoms with Crippen LogP contribution in [-0.4, -0.2) is 46.2 Å². The lowest BCUT2D eigenvalue weighted by molar-refractivity contribution is 0.0879. The van der Waals surface area contributed by atoms with Crippen LogP contribution in [0.2, 0.25) is 0 Å². The molecule has 2 saturated heterocycles. The number of aromatic amines is 1. The molecule has 0 saturated carbocycles. The molecule has 2 unspecified atom stereocenters. The van der Waals surface area contributed by atoms with Crippen molar-refractivity contribution in [3.8, 4) is 0 Å². The van der Waals surface area contributed by atoms with E-state index in [0.29, 0.717) is 23.0 Å². The maximum absolute atomic E-state index is 13.4. The van der Waals surface area contributed by atoms with Crippen molar-refractivity contribution in [3.05, 3.63) is 29.7 Å². The Morgan fingerprint density at radius 1 is 1.36 bits per heavy atom. The van der Waals surface area contributed by atoms with Gasteiger partial charge in [0.15, 0.2) is 5.69 Å². The van der Waals surface area contributed by atoms with Crippen LogP contribution in [0.5, 0.6) is 0 Å². The summed E-state index contributed by atoms with van der Waals surface area (Å²) < 4.78 is 13.4. The third-order valence-corrected chi connectivity index (χ3v) is 5.17. The lowest BCUT2D eigenvalue weighted by atomic mass is 9.98. The summed E-state index contributed by atoms with van der Waals surface area (Å²) in [5, 5.41) is 10.5. The zero-order valence-corrected chi connectivity index (χ0v) is 12.5. The molecule has 1 amide bonds. The molecule has 2 N–H and O–H groups in total. The molecule has 6 heteroatoms. The van der Waals surface area contributed by atoms with E-state index in [0.717, 1.165) is 12.8 Å². The fourth-order valence-electron chi connectivity index (χ4n) is 3.94. The monoisotopic (exact) mass is 302 g/mol. The quantitative estimate of drug-likeness (QED) is 0.892. The molecule has 2 bridgehead atoms. The third-order valence-electron chi connectivity index (χ3n) is 5.17.